The Hall–Kier alpha value is -1.94. The van der Waals surface area contributed by atoms with Gasteiger partial charge >= 0.3 is 0 Å². The van der Waals surface area contributed by atoms with Crippen LogP contribution in [-0.4, -0.2) is 27.6 Å². The second kappa shape index (κ2) is 7.75. The van der Waals surface area contributed by atoms with E-state index >= 15 is 0 Å². The topological polar surface area (TPSA) is 76.7 Å². The highest BCUT2D eigenvalue weighted by molar-refractivity contribution is 14.1. The summed E-state index contributed by atoms with van der Waals surface area (Å²) in [4.78, 5) is 17.2. The Kier molecular flexibility index (Phi) is 5.61. The molecule has 3 rings (SSSR count). The minimum atomic E-state index is -0.247. The van der Waals surface area contributed by atoms with Crippen molar-refractivity contribution < 1.29 is 9.84 Å². The third-order valence-electron chi connectivity index (χ3n) is 3.64. The van der Waals surface area contributed by atoms with Crippen molar-refractivity contribution >= 4 is 55.6 Å². The molecule has 0 aliphatic heterocycles. The predicted octanol–water partition coefficient (Wildman–Crippen LogP) is 4.06. The number of ether oxygens (including phenoxy) is 1. The first-order valence-electron chi connectivity index (χ1n) is 7.79. The van der Waals surface area contributed by atoms with Crippen LogP contribution in [0.15, 0.2) is 44.7 Å². The zero-order valence-electron chi connectivity index (χ0n) is 14.0. The predicted molar refractivity (Wildman–Crippen MR) is 113 cm³/mol. The van der Waals surface area contributed by atoms with Crippen molar-refractivity contribution in [3.63, 3.8) is 0 Å². The van der Waals surface area contributed by atoms with Crippen LogP contribution in [-0.2, 0) is 0 Å². The second-order valence-corrected chi connectivity index (χ2v) is 7.54. The van der Waals surface area contributed by atoms with Gasteiger partial charge in [0.2, 0.25) is 0 Å². The van der Waals surface area contributed by atoms with Gasteiger partial charge in [-0.05, 0) is 72.3 Å². The summed E-state index contributed by atoms with van der Waals surface area (Å²) in [7, 11) is 0. The number of phenols is 1. The quantitative estimate of drug-likeness (QED) is 0.410. The molecule has 1 N–H and O–H groups in total. The lowest BCUT2D eigenvalue weighted by Gasteiger charge is -2.09. The highest BCUT2D eigenvalue weighted by Crippen LogP contribution is 2.32. The minimum absolute atomic E-state index is 0.0927. The minimum Gasteiger partial charge on any atom is -0.504 e. The number of rotatable bonds is 4. The molecule has 1 aromatic heterocycles. The third kappa shape index (κ3) is 3.75. The molecule has 0 saturated carbocycles. The van der Waals surface area contributed by atoms with E-state index in [1.807, 2.05) is 35.6 Å². The molecule has 6 nitrogen and oxygen atoms in total. The van der Waals surface area contributed by atoms with Gasteiger partial charge in [0.05, 0.1) is 27.3 Å². The standard InChI is InChI=1S/C18H15BrIN3O3/c1-3-26-16-7-11(6-14(20)17(16)24)9-21-23-10(2)22-15-5-4-12(19)8-13(15)18(23)25/h4-9,24H,3H2,1-2H3. The molecule has 0 saturated heterocycles. The number of nitrogens with zero attached hydrogens (tertiary/aromatic N) is 3. The molecule has 1 heterocycles. The van der Waals surface area contributed by atoms with Gasteiger partial charge in [-0.2, -0.15) is 9.78 Å². The first-order valence-corrected chi connectivity index (χ1v) is 9.66. The molecule has 0 unspecified atom stereocenters. The van der Waals surface area contributed by atoms with E-state index in [0.717, 1.165) is 4.47 Å². The second-order valence-electron chi connectivity index (χ2n) is 5.46. The Bertz CT molecular complexity index is 1080. The molecular formula is C18H15BrIN3O3. The largest absolute Gasteiger partial charge is 0.504 e. The Balaban J connectivity index is 2.08. The number of hydrogen-bond donors (Lipinski definition) is 1. The van der Waals surface area contributed by atoms with Crippen LogP contribution in [0, 0.1) is 10.5 Å². The molecule has 0 aliphatic rings. The van der Waals surface area contributed by atoms with Crippen molar-refractivity contribution in [3.05, 3.63) is 60.1 Å². The number of phenolic OH excluding ortho intramolecular Hbond substituents is 1. The summed E-state index contributed by atoms with van der Waals surface area (Å²) in [6.45, 7) is 4.01. The number of aromatic nitrogens is 2. The lowest BCUT2D eigenvalue weighted by molar-refractivity contribution is 0.317. The fourth-order valence-corrected chi connectivity index (χ4v) is 3.44. The Morgan fingerprint density at radius 1 is 1.38 bits per heavy atom. The molecule has 3 aromatic rings. The lowest BCUT2D eigenvalue weighted by atomic mass is 10.2. The number of aromatic hydroxyl groups is 1. The fraction of sp³-hybridized carbons (Fsp3) is 0.167. The summed E-state index contributed by atoms with van der Waals surface area (Å²) >= 11 is 5.39. The molecule has 8 heteroatoms. The van der Waals surface area contributed by atoms with Gasteiger partial charge < -0.3 is 9.84 Å². The van der Waals surface area contributed by atoms with Crippen LogP contribution in [0.1, 0.15) is 18.3 Å². The van der Waals surface area contributed by atoms with Crippen LogP contribution in [0.4, 0.5) is 0 Å². The highest BCUT2D eigenvalue weighted by Gasteiger charge is 2.10. The van der Waals surface area contributed by atoms with Crippen molar-refractivity contribution in [1.29, 1.82) is 0 Å². The maximum Gasteiger partial charge on any atom is 0.282 e. The first-order chi connectivity index (χ1) is 12.4. The van der Waals surface area contributed by atoms with E-state index in [9.17, 15) is 9.90 Å². The van der Waals surface area contributed by atoms with E-state index < -0.39 is 0 Å². The van der Waals surface area contributed by atoms with Crippen molar-refractivity contribution in [2.75, 3.05) is 6.61 Å². The maximum atomic E-state index is 12.7. The van der Waals surface area contributed by atoms with Crippen LogP contribution in [0.25, 0.3) is 10.9 Å². The van der Waals surface area contributed by atoms with Crippen molar-refractivity contribution in [3.8, 4) is 11.5 Å². The van der Waals surface area contributed by atoms with Gasteiger partial charge in [-0.3, -0.25) is 4.79 Å². The Morgan fingerprint density at radius 3 is 2.88 bits per heavy atom. The molecule has 0 bridgehead atoms. The molecule has 0 amide bonds. The van der Waals surface area contributed by atoms with E-state index in [1.54, 1.807) is 37.4 Å². The summed E-state index contributed by atoms with van der Waals surface area (Å²) in [5.74, 6) is 0.959. The van der Waals surface area contributed by atoms with Crippen molar-refractivity contribution in [2.45, 2.75) is 13.8 Å². The normalized spacial score (nSPS) is 11.4. The van der Waals surface area contributed by atoms with Gasteiger partial charge in [-0.1, -0.05) is 15.9 Å². The zero-order chi connectivity index (χ0) is 18.8. The number of benzene rings is 2. The Labute approximate surface area is 171 Å². The summed E-state index contributed by atoms with van der Waals surface area (Å²) in [5.41, 5.74) is 1.08. The number of hydrogen-bond acceptors (Lipinski definition) is 5. The van der Waals surface area contributed by atoms with Crippen LogP contribution < -0.4 is 10.3 Å². The van der Waals surface area contributed by atoms with E-state index in [-0.39, 0.29) is 11.3 Å². The van der Waals surface area contributed by atoms with E-state index in [0.29, 0.717) is 38.2 Å². The smallest absolute Gasteiger partial charge is 0.282 e. The first kappa shape index (κ1) is 18.8. The fourth-order valence-electron chi connectivity index (χ4n) is 2.45. The Morgan fingerprint density at radius 2 is 2.15 bits per heavy atom. The molecule has 0 fully saturated rings. The van der Waals surface area contributed by atoms with Gasteiger partial charge in [-0.15, -0.1) is 0 Å². The average molecular weight is 528 g/mol. The number of aryl methyl sites for hydroxylation is 1. The molecule has 0 spiro atoms. The van der Waals surface area contributed by atoms with Crippen molar-refractivity contribution in [2.24, 2.45) is 5.10 Å². The lowest BCUT2D eigenvalue weighted by Crippen LogP contribution is -2.20. The van der Waals surface area contributed by atoms with Crippen LogP contribution in [0.2, 0.25) is 0 Å². The molecule has 2 aromatic carbocycles. The molecular weight excluding hydrogens is 513 g/mol. The monoisotopic (exact) mass is 527 g/mol. The summed E-state index contributed by atoms with van der Waals surface area (Å²) < 4.78 is 8.13. The highest BCUT2D eigenvalue weighted by atomic mass is 127. The van der Waals surface area contributed by atoms with Gasteiger partial charge in [0.15, 0.2) is 11.5 Å². The summed E-state index contributed by atoms with van der Waals surface area (Å²) in [6, 6.07) is 8.80. The van der Waals surface area contributed by atoms with Crippen LogP contribution >= 0.6 is 38.5 Å². The summed E-state index contributed by atoms with van der Waals surface area (Å²) in [5, 5.41) is 14.8. The zero-order valence-corrected chi connectivity index (χ0v) is 17.8. The van der Waals surface area contributed by atoms with Crippen LogP contribution in [0.5, 0.6) is 11.5 Å². The van der Waals surface area contributed by atoms with E-state index in [1.165, 1.54) is 4.68 Å². The van der Waals surface area contributed by atoms with E-state index in [4.69, 9.17) is 4.74 Å². The number of fused-ring (bicyclic) bond motifs is 1. The molecule has 134 valence electrons. The third-order valence-corrected chi connectivity index (χ3v) is 4.96. The van der Waals surface area contributed by atoms with Crippen LogP contribution in [0.3, 0.4) is 0 Å². The maximum absolute atomic E-state index is 12.7. The molecule has 0 radical (unpaired) electrons. The average Bonchev–Trinajstić information content (AvgIpc) is 2.60. The van der Waals surface area contributed by atoms with Gasteiger partial charge in [0.1, 0.15) is 5.82 Å². The molecule has 0 aliphatic carbocycles. The summed E-state index contributed by atoms with van der Waals surface area (Å²) in [6.07, 6.45) is 1.55. The number of halogens is 2. The molecule has 26 heavy (non-hydrogen) atoms. The van der Waals surface area contributed by atoms with E-state index in [2.05, 4.69) is 26.0 Å². The van der Waals surface area contributed by atoms with Gasteiger partial charge in [0, 0.05) is 4.47 Å². The SMILES string of the molecule is CCOc1cc(C=Nn2c(C)nc3ccc(Br)cc3c2=O)cc(I)c1O. The van der Waals surface area contributed by atoms with Gasteiger partial charge in [-0.25, -0.2) is 4.98 Å². The molecule has 0 atom stereocenters. The van der Waals surface area contributed by atoms with Gasteiger partial charge in [0.25, 0.3) is 5.56 Å². The van der Waals surface area contributed by atoms with Crippen molar-refractivity contribution in [1.82, 2.24) is 9.66 Å².